The third-order valence-corrected chi connectivity index (χ3v) is 4.77. The largest absolute Gasteiger partial charge is 0.440 e. The highest BCUT2D eigenvalue weighted by atomic mass is 19.4. The first-order valence-electron chi connectivity index (χ1n) is 8.62. The van der Waals surface area contributed by atoms with E-state index in [-0.39, 0.29) is 29.1 Å². The number of rotatable bonds is 4. The highest BCUT2D eigenvalue weighted by Crippen LogP contribution is 2.38. The third kappa shape index (κ3) is 3.67. The van der Waals surface area contributed by atoms with Crippen LogP contribution in [0.25, 0.3) is 11.1 Å². The van der Waals surface area contributed by atoms with Gasteiger partial charge in [-0.2, -0.15) is 13.2 Å². The summed E-state index contributed by atoms with van der Waals surface area (Å²) in [4.78, 5) is 4.23. The first-order valence-corrected chi connectivity index (χ1v) is 8.62. The molecule has 4 nitrogen and oxygen atoms in total. The molecule has 2 N–H and O–H groups in total. The van der Waals surface area contributed by atoms with Crippen molar-refractivity contribution in [2.24, 2.45) is 0 Å². The quantitative estimate of drug-likeness (QED) is 0.845. The molecular formula is C18H23F3N2O2. The number of nitrogens with zero attached hydrogens (tertiary/aromatic N) is 1. The molecule has 2 aromatic rings. The van der Waals surface area contributed by atoms with Crippen molar-refractivity contribution in [3.8, 4) is 0 Å². The van der Waals surface area contributed by atoms with E-state index < -0.39 is 17.8 Å². The summed E-state index contributed by atoms with van der Waals surface area (Å²) in [5, 5.41) is 13.2. The molecule has 0 amide bonds. The normalized spacial score (nSPS) is 22.9. The molecule has 1 aliphatic carbocycles. The molecule has 7 heteroatoms. The standard InChI is InChI=1S/C18H23F3N2O2/c1-9(2)17-23-14-8-11(7-12(16(14)25-17)18(19,20)21)10(3)22-13-5-4-6-15(13)24/h7-10,13,15,22,24H,4-6H2,1-3H3/t10?,13-,15-/m0/s1. The van der Waals surface area contributed by atoms with E-state index in [4.69, 9.17) is 4.42 Å². The van der Waals surface area contributed by atoms with Crippen molar-refractivity contribution in [2.75, 3.05) is 0 Å². The van der Waals surface area contributed by atoms with Gasteiger partial charge in [0.05, 0.1) is 6.10 Å². The summed E-state index contributed by atoms with van der Waals surface area (Å²) in [7, 11) is 0. The van der Waals surface area contributed by atoms with E-state index >= 15 is 0 Å². The van der Waals surface area contributed by atoms with Gasteiger partial charge in [0.15, 0.2) is 11.5 Å². The lowest BCUT2D eigenvalue weighted by Crippen LogP contribution is -2.37. The maximum absolute atomic E-state index is 13.5. The van der Waals surface area contributed by atoms with Crippen LogP contribution in [-0.4, -0.2) is 22.2 Å². The smallest absolute Gasteiger partial charge is 0.420 e. The monoisotopic (exact) mass is 356 g/mol. The number of nitrogens with one attached hydrogen (secondary N) is 1. The number of hydrogen-bond acceptors (Lipinski definition) is 4. The van der Waals surface area contributed by atoms with E-state index in [2.05, 4.69) is 10.3 Å². The molecule has 1 heterocycles. The molecule has 1 unspecified atom stereocenters. The minimum Gasteiger partial charge on any atom is -0.440 e. The number of alkyl halides is 3. The van der Waals surface area contributed by atoms with Crippen molar-refractivity contribution < 1.29 is 22.7 Å². The lowest BCUT2D eigenvalue weighted by Gasteiger charge is -2.23. The predicted octanol–water partition coefficient (Wildman–Crippen LogP) is 4.53. The van der Waals surface area contributed by atoms with Crippen LogP contribution in [0, 0.1) is 0 Å². The summed E-state index contributed by atoms with van der Waals surface area (Å²) in [5.41, 5.74) is -0.315. The summed E-state index contributed by atoms with van der Waals surface area (Å²) in [5.74, 6) is 0.200. The molecule has 1 saturated carbocycles. The molecular weight excluding hydrogens is 333 g/mol. The molecule has 1 fully saturated rings. The fourth-order valence-electron chi connectivity index (χ4n) is 3.33. The van der Waals surface area contributed by atoms with E-state index in [1.54, 1.807) is 13.0 Å². The molecule has 138 valence electrons. The molecule has 0 bridgehead atoms. The van der Waals surface area contributed by atoms with Crippen molar-refractivity contribution in [1.29, 1.82) is 0 Å². The molecule has 0 spiro atoms. The van der Waals surface area contributed by atoms with Gasteiger partial charge in [0.1, 0.15) is 11.1 Å². The van der Waals surface area contributed by atoms with Crippen LogP contribution in [0.15, 0.2) is 16.5 Å². The number of hydrogen-bond donors (Lipinski definition) is 2. The molecule has 1 aliphatic rings. The fraction of sp³-hybridized carbons (Fsp3) is 0.611. The zero-order valence-electron chi connectivity index (χ0n) is 14.5. The van der Waals surface area contributed by atoms with E-state index in [0.29, 0.717) is 11.5 Å². The van der Waals surface area contributed by atoms with Crippen LogP contribution in [-0.2, 0) is 6.18 Å². The Morgan fingerprint density at radius 3 is 2.52 bits per heavy atom. The Kier molecular flexibility index (Phi) is 4.81. The van der Waals surface area contributed by atoms with Crippen molar-refractivity contribution >= 4 is 11.1 Å². The number of aliphatic hydroxyl groups is 1. The van der Waals surface area contributed by atoms with E-state index in [0.717, 1.165) is 25.3 Å². The molecule has 0 aliphatic heterocycles. The number of halogens is 3. The topological polar surface area (TPSA) is 58.3 Å². The SMILES string of the molecule is CC(C)c1nc2cc(C(C)N[C@H]3CCC[C@@H]3O)cc(C(F)(F)F)c2o1. The molecule has 0 saturated heterocycles. The van der Waals surface area contributed by atoms with Gasteiger partial charge in [-0.25, -0.2) is 4.98 Å². The van der Waals surface area contributed by atoms with Crippen molar-refractivity contribution in [3.63, 3.8) is 0 Å². The molecule has 1 aromatic heterocycles. The molecule has 1 aromatic carbocycles. The maximum Gasteiger partial charge on any atom is 0.420 e. The van der Waals surface area contributed by atoms with Gasteiger partial charge >= 0.3 is 6.18 Å². The summed E-state index contributed by atoms with van der Waals surface area (Å²) in [6, 6.07) is 2.33. The highest BCUT2D eigenvalue weighted by molar-refractivity contribution is 5.78. The Hall–Kier alpha value is -1.60. The van der Waals surface area contributed by atoms with Gasteiger partial charge in [0, 0.05) is 18.0 Å². The zero-order valence-corrected chi connectivity index (χ0v) is 14.5. The molecule has 25 heavy (non-hydrogen) atoms. The molecule has 0 radical (unpaired) electrons. The van der Waals surface area contributed by atoms with Crippen LogP contribution >= 0.6 is 0 Å². The highest BCUT2D eigenvalue weighted by Gasteiger charge is 2.36. The zero-order chi connectivity index (χ0) is 18.4. The van der Waals surface area contributed by atoms with E-state index in [9.17, 15) is 18.3 Å². The molecule has 3 atom stereocenters. The fourth-order valence-corrected chi connectivity index (χ4v) is 3.33. The number of aliphatic hydroxyl groups excluding tert-OH is 1. The van der Waals surface area contributed by atoms with Crippen LogP contribution in [0.3, 0.4) is 0 Å². The average Bonchev–Trinajstić information content (AvgIpc) is 3.11. The summed E-state index contributed by atoms with van der Waals surface area (Å²) >= 11 is 0. The van der Waals surface area contributed by atoms with Crippen LogP contribution in [0.2, 0.25) is 0 Å². The van der Waals surface area contributed by atoms with Crippen molar-refractivity contribution in [3.05, 3.63) is 29.2 Å². The average molecular weight is 356 g/mol. The van der Waals surface area contributed by atoms with Crippen LogP contribution in [0.1, 0.15) is 69.0 Å². The third-order valence-electron chi connectivity index (χ3n) is 4.77. The van der Waals surface area contributed by atoms with Crippen LogP contribution in [0.5, 0.6) is 0 Å². The van der Waals surface area contributed by atoms with Gasteiger partial charge in [0.2, 0.25) is 0 Å². The van der Waals surface area contributed by atoms with Crippen LogP contribution < -0.4 is 5.32 Å². The van der Waals surface area contributed by atoms with Gasteiger partial charge in [-0.1, -0.05) is 13.8 Å². The minimum atomic E-state index is -4.52. The second kappa shape index (κ2) is 6.61. The van der Waals surface area contributed by atoms with Gasteiger partial charge < -0.3 is 14.8 Å². The minimum absolute atomic E-state index is 0.0939. The van der Waals surface area contributed by atoms with E-state index in [1.165, 1.54) is 0 Å². The Morgan fingerprint density at radius 2 is 1.96 bits per heavy atom. The van der Waals surface area contributed by atoms with Gasteiger partial charge in [-0.3, -0.25) is 0 Å². The predicted molar refractivity (Wildman–Crippen MR) is 88.3 cm³/mol. The second-order valence-electron chi connectivity index (χ2n) is 7.11. The first kappa shape index (κ1) is 18.2. The summed E-state index contributed by atoms with van der Waals surface area (Å²) in [6.07, 6.45) is -2.51. The summed E-state index contributed by atoms with van der Waals surface area (Å²) < 4.78 is 45.9. The number of fused-ring (bicyclic) bond motifs is 1. The molecule has 3 rings (SSSR count). The first-order chi connectivity index (χ1) is 11.7. The Labute approximate surface area is 144 Å². The van der Waals surface area contributed by atoms with Crippen molar-refractivity contribution in [1.82, 2.24) is 10.3 Å². The maximum atomic E-state index is 13.5. The summed E-state index contributed by atoms with van der Waals surface area (Å²) in [6.45, 7) is 5.45. The lowest BCUT2D eigenvalue weighted by atomic mass is 10.0. The second-order valence-corrected chi connectivity index (χ2v) is 7.11. The number of oxazole rings is 1. The van der Waals surface area contributed by atoms with Crippen LogP contribution in [0.4, 0.5) is 13.2 Å². The lowest BCUT2D eigenvalue weighted by molar-refractivity contribution is -0.136. The van der Waals surface area contributed by atoms with Gasteiger partial charge in [0.25, 0.3) is 0 Å². The van der Waals surface area contributed by atoms with Gasteiger partial charge in [-0.05, 0) is 43.9 Å². The number of benzene rings is 1. The Balaban J connectivity index is 2.00. The van der Waals surface area contributed by atoms with Gasteiger partial charge in [-0.15, -0.1) is 0 Å². The Morgan fingerprint density at radius 1 is 1.24 bits per heavy atom. The van der Waals surface area contributed by atoms with Crippen molar-refractivity contribution in [2.45, 2.75) is 70.3 Å². The Bertz CT molecular complexity index is 755. The van der Waals surface area contributed by atoms with E-state index in [1.807, 2.05) is 13.8 Å². The number of aromatic nitrogens is 1.